The van der Waals surface area contributed by atoms with Crippen LogP contribution in [0.3, 0.4) is 0 Å². The number of hydrogen-bond acceptors (Lipinski definition) is 1. The Kier molecular flexibility index (Phi) is 3.16. The molecule has 13 heavy (non-hydrogen) atoms. The maximum atomic E-state index is 5.19. The van der Waals surface area contributed by atoms with Crippen molar-refractivity contribution in [1.82, 2.24) is 10.6 Å². The Hall–Kier alpha value is -0.750. The normalized spacial score (nSPS) is 19.8. The second-order valence-corrected chi connectivity index (χ2v) is 4.38. The van der Waals surface area contributed by atoms with Crippen LogP contribution in [0.1, 0.15) is 33.1 Å². The minimum absolute atomic E-state index is 0.250. The molecule has 1 rings (SSSR count). The smallest absolute Gasteiger partial charge is 0.166 e. The van der Waals surface area contributed by atoms with Crippen LogP contribution in [0.25, 0.3) is 0 Å². The average Bonchev–Trinajstić information content (AvgIpc) is 2.67. The number of thiocarbonyl (C=S) groups is 1. The fraction of sp³-hybridized carbons (Fsp3) is 0.700. The van der Waals surface area contributed by atoms with Crippen molar-refractivity contribution in [3.63, 3.8) is 0 Å². The predicted molar refractivity (Wildman–Crippen MR) is 59.4 cm³/mol. The van der Waals surface area contributed by atoms with Crippen molar-refractivity contribution in [1.29, 1.82) is 0 Å². The minimum atomic E-state index is 0.250. The summed E-state index contributed by atoms with van der Waals surface area (Å²) < 4.78 is 0. The highest BCUT2D eigenvalue weighted by molar-refractivity contribution is 7.80. The quantitative estimate of drug-likeness (QED) is 0.527. The highest BCUT2D eigenvalue weighted by atomic mass is 32.1. The zero-order chi connectivity index (χ0) is 9.90. The van der Waals surface area contributed by atoms with Crippen LogP contribution in [0.5, 0.6) is 0 Å². The fourth-order valence-corrected chi connectivity index (χ4v) is 1.52. The standard InChI is InChI=1S/C10H16N2S/c1-4-5-8(2)11-9(13)12-10(3)6-7-10/h1,8H,5-7H2,2-3H3,(H2,11,12,13). The third kappa shape index (κ3) is 3.65. The molecule has 0 aromatic carbocycles. The van der Waals surface area contributed by atoms with Crippen molar-refractivity contribution in [2.24, 2.45) is 0 Å². The molecule has 0 spiro atoms. The number of hydrogen-bond donors (Lipinski definition) is 2. The first-order valence-corrected chi connectivity index (χ1v) is 4.99. The molecule has 72 valence electrons. The molecule has 0 heterocycles. The van der Waals surface area contributed by atoms with Crippen molar-refractivity contribution in [3.05, 3.63) is 0 Å². The summed E-state index contributed by atoms with van der Waals surface area (Å²) >= 11 is 5.14. The van der Waals surface area contributed by atoms with Crippen LogP contribution in [0.4, 0.5) is 0 Å². The van der Waals surface area contributed by atoms with Gasteiger partial charge >= 0.3 is 0 Å². The third-order valence-electron chi connectivity index (χ3n) is 2.22. The summed E-state index contributed by atoms with van der Waals surface area (Å²) in [5.41, 5.74) is 0.250. The Morgan fingerprint density at radius 3 is 2.77 bits per heavy atom. The van der Waals surface area contributed by atoms with Crippen LogP contribution >= 0.6 is 12.2 Å². The molecule has 1 fully saturated rings. The Morgan fingerprint density at radius 1 is 1.69 bits per heavy atom. The van der Waals surface area contributed by atoms with E-state index in [0.717, 1.165) is 5.11 Å². The molecule has 3 heteroatoms. The van der Waals surface area contributed by atoms with Crippen LogP contribution in [0, 0.1) is 12.3 Å². The summed E-state index contributed by atoms with van der Waals surface area (Å²) in [6.45, 7) is 4.20. The lowest BCUT2D eigenvalue weighted by Gasteiger charge is -2.18. The second kappa shape index (κ2) is 3.97. The lowest BCUT2D eigenvalue weighted by atomic mass is 10.2. The van der Waals surface area contributed by atoms with E-state index in [1.165, 1.54) is 12.8 Å². The predicted octanol–water partition coefficient (Wildman–Crippen LogP) is 1.41. The van der Waals surface area contributed by atoms with E-state index in [-0.39, 0.29) is 11.6 Å². The van der Waals surface area contributed by atoms with E-state index in [1.807, 2.05) is 6.92 Å². The van der Waals surface area contributed by atoms with E-state index in [9.17, 15) is 0 Å². The van der Waals surface area contributed by atoms with Crippen molar-refractivity contribution in [3.8, 4) is 12.3 Å². The molecule has 0 saturated heterocycles. The third-order valence-corrected chi connectivity index (χ3v) is 2.44. The van der Waals surface area contributed by atoms with Crippen LogP contribution in [-0.4, -0.2) is 16.7 Å². The molecule has 0 aromatic heterocycles. The number of terminal acetylenes is 1. The van der Waals surface area contributed by atoms with Gasteiger partial charge in [-0.2, -0.15) is 0 Å². The van der Waals surface area contributed by atoms with Gasteiger partial charge in [-0.05, 0) is 38.9 Å². The molecule has 2 N–H and O–H groups in total. The maximum absolute atomic E-state index is 5.19. The van der Waals surface area contributed by atoms with E-state index in [1.54, 1.807) is 0 Å². The van der Waals surface area contributed by atoms with Gasteiger partial charge in [0.1, 0.15) is 0 Å². The van der Waals surface area contributed by atoms with Crippen LogP contribution in [-0.2, 0) is 0 Å². The van der Waals surface area contributed by atoms with Gasteiger partial charge in [-0.15, -0.1) is 12.3 Å². The van der Waals surface area contributed by atoms with Crippen LogP contribution < -0.4 is 10.6 Å². The van der Waals surface area contributed by atoms with Gasteiger partial charge in [0, 0.05) is 18.0 Å². The lowest BCUT2D eigenvalue weighted by molar-refractivity contribution is 0.619. The van der Waals surface area contributed by atoms with Gasteiger partial charge in [-0.25, -0.2) is 0 Å². The van der Waals surface area contributed by atoms with Gasteiger partial charge in [0.15, 0.2) is 5.11 Å². The van der Waals surface area contributed by atoms with E-state index in [4.69, 9.17) is 18.6 Å². The minimum Gasteiger partial charge on any atom is -0.359 e. The van der Waals surface area contributed by atoms with Crippen LogP contribution in [0.15, 0.2) is 0 Å². The van der Waals surface area contributed by atoms with Crippen LogP contribution in [0.2, 0.25) is 0 Å². The molecule has 0 aromatic rings. The molecule has 1 aliphatic carbocycles. The van der Waals surface area contributed by atoms with E-state index in [0.29, 0.717) is 6.42 Å². The lowest BCUT2D eigenvalue weighted by Crippen LogP contribution is -2.45. The SMILES string of the molecule is C#CCC(C)NC(=S)NC1(C)CC1. The van der Waals surface area contributed by atoms with Crippen molar-refractivity contribution >= 4 is 17.3 Å². The highest BCUT2D eigenvalue weighted by Crippen LogP contribution is 2.34. The van der Waals surface area contributed by atoms with Crippen molar-refractivity contribution in [2.75, 3.05) is 0 Å². The van der Waals surface area contributed by atoms with Crippen molar-refractivity contribution < 1.29 is 0 Å². The van der Waals surface area contributed by atoms with E-state index >= 15 is 0 Å². The van der Waals surface area contributed by atoms with Gasteiger partial charge in [0.25, 0.3) is 0 Å². The Morgan fingerprint density at radius 2 is 2.31 bits per heavy atom. The molecule has 2 nitrogen and oxygen atoms in total. The highest BCUT2D eigenvalue weighted by Gasteiger charge is 2.37. The summed E-state index contributed by atoms with van der Waals surface area (Å²) in [4.78, 5) is 0. The first kappa shape index (κ1) is 10.3. The van der Waals surface area contributed by atoms with E-state index in [2.05, 4.69) is 23.5 Å². The second-order valence-electron chi connectivity index (χ2n) is 3.97. The summed E-state index contributed by atoms with van der Waals surface area (Å²) in [7, 11) is 0. The molecular formula is C10H16N2S. The fourth-order valence-electron chi connectivity index (χ4n) is 1.07. The summed E-state index contributed by atoms with van der Waals surface area (Å²) in [5, 5.41) is 7.15. The number of nitrogens with one attached hydrogen (secondary N) is 2. The first-order valence-electron chi connectivity index (χ1n) is 4.58. The zero-order valence-electron chi connectivity index (χ0n) is 8.18. The molecule has 0 aliphatic heterocycles. The zero-order valence-corrected chi connectivity index (χ0v) is 9.00. The summed E-state index contributed by atoms with van der Waals surface area (Å²) in [5.74, 6) is 2.60. The van der Waals surface area contributed by atoms with Gasteiger partial charge in [0.05, 0.1) is 0 Å². The molecule has 0 radical (unpaired) electrons. The summed E-state index contributed by atoms with van der Waals surface area (Å²) in [6.07, 6.45) is 8.31. The van der Waals surface area contributed by atoms with Gasteiger partial charge in [0.2, 0.25) is 0 Å². The average molecular weight is 196 g/mol. The Balaban J connectivity index is 2.21. The molecule has 1 saturated carbocycles. The van der Waals surface area contributed by atoms with Crippen molar-refractivity contribution in [2.45, 2.75) is 44.7 Å². The Bertz CT molecular complexity index is 238. The molecule has 1 aliphatic rings. The van der Waals surface area contributed by atoms with Gasteiger partial charge < -0.3 is 10.6 Å². The molecule has 0 bridgehead atoms. The largest absolute Gasteiger partial charge is 0.359 e. The Labute approximate surface area is 85.5 Å². The monoisotopic (exact) mass is 196 g/mol. The molecule has 1 unspecified atom stereocenters. The van der Waals surface area contributed by atoms with E-state index < -0.39 is 0 Å². The number of rotatable bonds is 3. The topological polar surface area (TPSA) is 24.1 Å². The maximum Gasteiger partial charge on any atom is 0.166 e. The molecule has 1 atom stereocenters. The molecule has 0 amide bonds. The first-order chi connectivity index (χ1) is 6.06. The molecular weight excluding hydrogens is 180 g/mol. The summed E-state index contributed by atoms with van der Waals surface area (Å²) in [6, 6.07) is 0.257. The van der Waals surface area contributed by atoms with Gasteiger partial charge in [-0.3, -0.25) is 0 Å². The van der Waals surface area contributed by atoms with Gasteiger partial charge in [-0.1, -0.05) is 0 Å².